The van der Waals surface area contributed by atoms with Crippen LogP contribution in [0.15, 0.2) is 60.2 Å². The van der Waals surface area contributed by atoms with Gasteiger partial charge in [-0.3, -0.25) is 9.59 Å². The van der Waals surface area contributed by atoms with E-state index in [0.29, 0.717) is 16.9 Å². The number of anilines is 2. The van der Waals surface area contributed by atoms with Gasteiger partial charge in [-0.15, -0.1) is 0 Å². The molecule has 2 amide bonds. The molecule has 3 aromatic carbocycles. The molecule has 6 nitrogen and oxygen atoms in total. The summed E-state index contributed by atoms with van der Waals surface area (Å²) in [4.78, 5) is 24.9. The van der Waals surface area contributed by atoms with E-state index in [4.69, 9.17) is 27.9 Å². The van der Waals surface area contributed by atoms with Gasteiger partial charge in [0.25, 0.3) is 11.8 Å². The van der Waals surface area contributed by atoms with E-state index >= 15 is 0 Å². The van der Waals surface area contributed by atoms with Gasteiger partial charge in [-0.2, -0.15) is 5.26 Å². The van der Waals surface area contributed by atoms with Gasteiger partial charge in [-0.05, 0) is 67.8 Å². The molecular weight excluding hydrogens is 485 g/mol. The molecule has 0 aromatic heterocycles. The number of benzene rings is 3. The van der Waals surface area contributed by atoms with Crippen LogP contribution >= 0.6 is 23.2 Å². The summed E-state index contributed by atoms with van der Waals surface area (Å²) in [6.07, 6.45) is 1.38. The molecule has 0 fully saturated rings. The average Bonchev–Trinajstić information content (AvgIpc) is 2.80. The number of carbonyl (C=O) groups excluding carboxylic acids is 2. The molecule has 0 atom stereocenters. The van der Waals surface area contributed by atoms with Crippen molar-refractivity contribution in [1.82, 2.24) is 0 Å². The van der Waals surface area contributed by atoms with Crippen LogP contribution in [0.5, 0.6) is 5.75 Å². The minimum atomic E-state index is -0.558. The number of para-hydroxylation sites is 1. The SMILES string of the molecule is Cc1ccc(NC(=O)COc2c(Cl)cc(/C=C(/C#N)C(=O)Nc3ccccc3C)cc2Cl)c(C)c1. The lowest BCUT2D eigenvalue weighted by Gasteiger charge is -2.13. The Morgan fingerprint density at radius 2 is 1.60 bits per heavy atom. The summed E-state index contributed by atoms with van der Waals surface area (Å²) < 4.78 is 5.55. The van der Waals surface area contributed by atoms with Gasteiger partial charge in [0.15, 0.2) is 12.4 Å². The van der Waals surface area contributed by atoms with Crippen LogP contribution in [-0.4, -0.2) is 18.4 Å². The number of nitrogens with zero attached hydrogens (tertiary/aromatic N) is 1. The van der Waals surface area contributed by atoms with Crippen LogP contribution < -0.4 is 15.4 Å². The van der Waals surface area contributed by atoms with Crippen LogP contribution in [-0.2, 0) is 9.59 Å². The number of hydrogen-bond acceptors (Lipinski definition) is 4. The lowest BCUT2D eigenvalue weighted by molar-refractivity contribution is -0.118. The van der Waals surface area contributed by atoms with Crippen molar-refractivity contribution in [2.75, 3.05) is 17.2 Å². The topological polar surface area (TPSA) is 91.2 Å². The monoisotopic (exact) mass is 507 g/mol. The number of ether oxygens (including phenoxy) is 1. The molecule has 0 radical (unpaired) electrons. The van der Waals surface area contributed by atoms with E-state index in [-0.39, 0.29) is 33.9 Å². The van der Waals surface area contributed by atoms with Gasteiger partial charge in [0.05, 0.1) is 10.0 Å². The molecule has 0 unspecified atom stereocenters. The zero-order valence-electron chi connectivity index (χ0n) is 19.4. The zero-order chi connectivity index (χ0) is 25.5. The van der Waals surface area contributed by atoms with Gasteiger partial charge in [0.1, 0.15) is 11.6 Å². The Morgan fingerprint density at radius 1 is 0.943 bits per heavy atom. The highest BCUT2D eigenvalue weighted by atomic mass is 35.5. The van der Waals surface area contributed by atoms with Gasteiger partial charge in [-0.25, -0.2) is 0 Å². The van der Waals surface area contributed by atoms with Crippen molar-refractivity contribution >= 4 is 52.5 Å². The summed E-state index contributed by atoms with van der Waals surface area (Å²) in [6.45, 7) is 5.43. The van der Waals surface area contributed by atoms with Crippen LogP contribution in [0.1, 0.15) is 22.3 Å². The fraction of sp³-hybridized carbons (Fsp3) is 0.148. The van der Waals surface area contributed by atoms with Crippen LogP contribution in [0.3, 0.4) is 0 Å². The molecule has 2 N–H and O–H groups in total. The van der Waals surface area contributed by atoms with Crippen LogP contribution in [0, 0.1) is 32.1 Å². The third kappa shape index (κ3) is 6.86. The predicted molar refractivity (Wildman–Crippen MR) is 140 cm³/mol. The van der Waals surface area contributed by atoms with Gasteiger partial charge >= 0.3 is 0 Å². The first-order valence-corrected chi connectivity index (χ1v) is 11.4. The average molecular weight is 508 g/mol. The summed E-state index contributed by atoms with van der Waals surface area (Å²) in [7, 11) is 0. The Balaban J connectivity index is 1.70. The number of halogens is 2. The molecule has 0 heterocycles. The normalized spacial score (nSPS) is 10.9. The molecule has 0 aliphatic heterocycles. The molecule has 0 aliphatic carbocycles. The lowest BCUT2D eigenvalue weighted by Crippen LogP contribution is -2.20. The number of carbonyl (C=O) groups is 2. The molecule has 0 saturated carbocycles. The zero-order valence-corrected chi connectivity index (χ0v) is 20.9. The molecule has 0 spiro atoms. The minimum absolute atomic E-state index is 0.123. The van der Waals surface area contributed by atoms with E-state index in [1.54, 1.807) is 12.1 Å². The number of nitrogens with one attached hydrogen (secondary N) is 2. The molecule has 3 rings (SSSR count). The first-order chi connectivity index (χ1) is 16.7. The van der Waals surface area contributed by atoms with E-state index in [1.165, 1.54) is 18.2 Å². The van der Waals surface area contributed by atoms with E-state index in [2.05, 4.69) is 10.6 Å². The summed E-state index contributed by atoms with van der Waals surface area (Å²) in [6, 6.07) is 17.8. The summed E-state index contributed by atoms with van der Waals surface area (Å²) in [5.41, 5.74) is 4.51. The molecule has 178 valence electrons. The third-order valence-corrected chi connectivity index (χ3v) is 5.66. The highest BCUT2D eigenvalue weighted by Gasteiger charge is 2.15. The van der Waals surface area contributed by atoms with Crippen molar-refractivity contribution in [2.24, 2.45) is 0 Å². The molecule has 0 aliphatic rings. The maximum absolute atomic E-state index is 12.6. The Labute approximate surface area is 214 Å². The second-order valence-corrected chi connectivity index (χ2v) is 8.72. The van der Waals surface area contributed by atoms with Crippen LogP contribution in [0.25, 0.3) is 6.08 Å². The number of nitriles is 1. The Bertz CT molecular complexity index is 1340. The first-order valence-electron chi connectivity index (χ1n) is 10.7. The minimum Gasteiger partial charge on any atom is -0.481 e. The van der Waals surface area contributed by atoms with Crippen molar-refractivity contribution < 1.29 is 14.3 Å². The van der Waals surface area contributed by atoms with E-state index in [1.807, 2.05) is 57.2 Å². The Morgan fingerprint density at radius 3 is 2.23 bits per heavy atom. The number of amides is 2. The largest absolute Gasteiger partial charge is 0.481 e. The third-order valence-electron chi connectivity index (χ3n) is 5.09. The van der Waals surface area contributed by atoms with Gasteiger partial charge in [0.2, 0.25) is 0 Å². The highest BCUT2D eigenvalue weighted by molar-refractivity contribution is 6.37. The number of aryl methyl sites for hydroxylation is 3. The van der Waals surface area contributed by atoms with Crippen molar-refractivity contribution in [3.8, 4) is 11.8 Å². The van der Waals surface area contributed by atoms with E-state index in [0.717, 1.165) is 16.7 Å². The van der Waals surface area contributed by atoms with Gasteiger partial charge in [0, 0.05) is 11.4 Å². The van der Waals surface area contributed by atoms with E-state index in [9.17, 15) is 14.9 Å². The second-order valence-electron chi connectivity index (χ2n) is 7.91. The molecule has 8 heteroatoms. The summed E-state index contributed by atoms with van der Waals surface area (Å²) >= 11 is 12.6. The lowest BCUT2D eigenvalue weighted by atomic mass is 10.1. The first kappa shape index (κ1) is 25.8. The fourth-order valence-corrected chi connectivity index (χ4v) is 3.91. The fourth-order valence-electron chi connectivity index (χ4n) is 3.30. The van der Waals surface area contributed by atoms with Gasteiger partial charge in [-0.1, -0.05) is 59.1 Å². The molecule has 3 aromatic rings. The standard InChI is InChI=1S/C27H23Cl2N3O3/c1-16-8-9-24(18(3)10-16)31-25(33)15-35-26-21(28)12-19(13-22(26)29)11-20(14-30)27(34)32-23-7-5-4-6-17(23)2/h4-13H,15H2,1-3H3,(H,31,33)(H,32,34)/b20-11-. The van der Waals surface area contributed by atoms with Crippen molar-refractivity contribution in [3.63, 3.8) is 0 Å². The van der Waals surface area contributed by atoms with E-state index < -0.39 is 5.91 Å². The van der Waals surface area contributed by atoms with Crippen molar-refractivity contribution in [1.29, 1.82) is 5.26 Å². The van der Waals surface area contributed by atoms with Crippen molar-refractivity contribution in [2.45, 2.75) is 20.8 Å². The Hall–Kier alpha value is -3.79. The maximum atomic E-state index is 12.6. The smallest absolute Gasteiger partial charge is 0.266 e. The summed E-state index contributed by atoms with van der Waals surface area (Å²) in [5.74, 6) is -0.797. The predicted octanol–water partition coefficient (Wildman–Crippen LogP) is 6.48. The quantitative estimate of drug-likeness (QED) is 0.282. The number of rotatable bonds is 7. The molecule has 35 heavy (non-hydrogen) atoms. The van der Waals surface area contributed by atoms with Gasteiger partial charge < -0.3 is 15.4 Å². The Kier molecular flexibility index (Phi) is 8.53. The summed E-state index contributed by atoms with van der Waals surface area (Å²) in [5, 5.41) is 15.3. The number of hydrogen-bond donors (Lipinski definition) is 2. The highest BCUT2D eigenvalue weighted by Crippen LogP contribution is 2.35. The molecule has 0 saturated heterocycles. The second kappa shape index (κ2) is 11.6. The van der Waals surface area contributed by atoms with Crippen LogP contribution in [0.4, 0.5) is 11.4 Å². The molecule has 0 bridgehead atoms. The maximum Gasteiger partial charge on any atom is 0.266 e. The molecular formula is C27H23Cl2N3O3. The van der Waals surface area contributed by atoms with Crippen LogP contribution in [0.2, 0.25) is 10.0 Å². The van der Waals surface area contributed by atoms with Crippen molar-refractivity contribution in [3.05, 3.63) is 92.5 Å².